The number of carbonyl (C=O) groups is 2. The van der Waals surface area contributed by atoms with Crippen LogP contribution in [0.5, 0.6) is 11.5 Å². The number of aromatic nitrogens is 1. The predicted molar refractivity (Wildman–Crippen MR) is 154 cm³/mol. The number of aryl methyl sites for hydroxylation is 1. The highest BCUT2D eigenvalue weighted by molar-refractivity contribution is 8.18. The Hall–Kier alpha value is -3.96. The molecule has 4 aromatic rings. The van der Waals surface area contributed by atoms with Crippen LogP contribution >= 0.6 is 35.0 Å². The van der Waals surface area contributed by atoms with E-state index >= 15 is 0 Å². The van der Waals surface area contributed by atoms with E-state index in [1.165, 1.54) is 0 Å². The highest BCUT2D eigenvalue weighted by Crippen LogP contribution is 2.36. The second-order valence-corrected chi connectivity index (χ2v) is 10.7. The van der Waals surface area contributed by atoms with Crippen molar-refractivity contribution in [1.82, 2.24) is 9.47 Å². The number of hydrogen-bond donors (Lipinski definition) is 0. The average Bonchev–Trinajstić information content (AvgIpc) is 3.35. The SMILES string of the molecule is Cc1cc(/C=C2\SC(=O)N(Cc3c(Cl)cccc3Cl)C2=O)c(C)n1-c1ccc(Oc2ccc(C#N)cc2)cc1. The summed E-state index contributed by atoms with van der Waals surface area (Å²) in [6.45, 7) is 3.96. The molecule has 2 heterocycles. The highest BCUT2D eigenvalue weighted by atomic mass is 35.5. The van der Waals surface area contributed by atoms with Crippen LogP contribution in [0.2, 0.25) is 10.0 Å². The number of imide groups is 1. The van der Waals surface area contributed by atoms with Crippen LogP contribution in [-0.4, -0.2) is 20.6 Å². The largest absolute Gasteiger partial charge is 0.457 e. The number of ether oxygens (including phenoxy) is 1. The lowest BCUT2D eigenvalue weighted by atomic mass is 10.2. The summed E-state index contributed by atoms with van der Waals surface area (Å²) in [5.74, 6) is 0.927. The first-order valence-corrected chi connectivity index (χ1v) is 13.5. The molecule has 0 bridgehead atoms. The maximum atomic E-state index is 13.1. The minimum absolute atomic E-state index is 0.0103. The molecule has 3 aromatic carbocycles. The lowest BCUT2D eigenvalue weighted by Gasteiger charge is -2.14. The molecule has 0 radical (unpaired) electrons. The number of halogens is 2. The molecule has 0 aliphatic carbocycles. The molecule has 2 amide bonds. The van der Waals surface area contributed by atoms with Gasteiger partial charge in [-0.1, -0.05) is 29.3 Å². The molecule has 1 saturated heterocycles. The summed E-state index contributed by atoms with van der Waals surface area (Å²) in [4.78, 5) is 27.3. The molecule has 0 saturated carbocycles. The van der Waals surface area contributed by atoms with Gasteiger partial charge in [-0.2, -0.15) is 5.26 Å². The van der Waals surface area contributed by atoms with Crippen molar-refractivity contribution < 1.29 is 14.3 Å². The smallest absolute Gasteiger partial charge is 0.293 e. The van der Waals surface area contributed by atoms with Crippen LogP contribution in [0.3, 0.4) is 0 Å². The third kappa shape index (κ3) is 5.45. The van der Waals surface area contributed by atoms with E-state index in [1.807, 2.05) is 44.2 Å². The van der Waals surface area contributed by atoms with E-state index in [0.717, 1.165) is 39.3 Å². The van der Waals surface area contributed by atoms with E-state index in [1.54, 1.807) is 48.5 Å². The van der Waals surface area contributed by atoms with Gasteiger partial charge in [0, 0.05) is 32.7 Å². The second kappa shape index (κ2) is 11.0. The molecule has 194 valence electrons. The molecular formula is C30H21Cl2N3O3S. The number of thioether (sulfide) groups is 1. The molecule has 0 spiro atoms. The third-order valence-corrected chi connectivity index (χ3v) is 7.94. The minimum Gasteiger partial charge on any atom is -0.457 e. The van der Waals surface area contributed by atoms with Crippen LogP contribution in [0.15, 0.2) is 77.7 Å². The third-order valence-electron chi connectivity index (χ3n) is 6.32. The Labute approximate surface area is 240 Å². The van der Waals surface area contributed by atoms with Gasteiger partial charge >= 0.3 is 0 Å². The first kappa shape index (κ1) is 26.6. The van der Waals surface area contributed by atoms with Crippen LogP contribution in [0, 0.1) is 25.2 Å². The number of hydrogen-bond acceptors (Lipinski definition) is 5. The van der Waals surface area contributed by atoms with Crippen LogP contribution < -0.4 is 4.74 Å². The van der Waals surface area contributed by atoms with Gasteiger partial charge < -0.3 is 9.30 Å². The molecule has 0 unspecified atom stereocenters. The van der Waals surface area contributed by atoms with E-state index in [2.05, 4.69) is 10.6 Å². The Balaban J connectivity index is 1.36. The second-order valence-electron chi connectivity index (χ2n) is 8.86. The minimum atomic E-state index is -0.380. The summed E-state index contributed by atoms with van der Waals surface area (Å²) in [5.41, 5.74) is 4.77. The lowest BCUT2D eigenvalue weighted by molar-refractivity contribution is -0.123. The number of rotatable bonds is 6. The topological polar surface area (TPSA) is 75.3 Å². The molecule has 1 fully saturated rings. The molecule has 0 atom stereocenters. The van der Waals surface area contributed by atoms with Gasteiger partial charge in [0.2, 0.25) is 0 Å². The van der Waals surface area contributed by atoms with E-state index in [-0.39, 0.29) is 17.7 Å². The monoisotopic (exact) mass is 573 g/mol. The molecule has 9 heteroatoms. The average molecular weight is 574 g/mol. The zero-order valence-electron chi connectivity index (χ0n) is 20.9. The Bertz CT molecular complexity index is 1650. The van der Waals surface area contributed by atoms with Gasteiger partial charge in [0.25, 0.3) is 11.1 Å². The van der Waals surface area contributed by atoms with Gasteiger partial charge in [-0.15, -0.1) is 0 Å². The van der Waals surface area contributed by atoms with Crippen molar-refractivity contribution in [2.24, 2.45) is 0 Å². The quantitative estimate of drug-likeness (QED) is 0.217. The highest BCUT2D eigenvalue weighted by Gasteiger charge is 2.36. The molecule has 1 aliphatic rings. The molecule has 1 aromatic heterocycles. The van der Waals surface area contributed by atoms with Crippen molar-refractivity contribution in [2.75, 3.05) is 0 Å². The Morgan fingerprint density at radius 2 is 1.56 bits per heavy atom. The molecular weight excluding hydrogens is 553 g/mol. The Morgan fingerprint density at radius 3 is 2.18 bits per heavy atom. The normalized spacial score (nSPS) is 14.2. The zero-order valence-corrected chi connectivity index (χ0v) is 23.3. The molecule has 39 heavy (non-hydrogen) atoms. The number of nitriles is 1. The van der Waals surface area contributed by atoms with Crippen LogP contribution in [-0.2, 0) is 11.3 Å². The van der Waals surface area contributed by atoms with Gasteiger partial charge in [0.05, 0.1) is 23.1 Å². The van der Waals surface area contributed by atoms with Crippen LogP contribution in [0.25, 0.3) is 11.8 Å². The Kier molecular flexibility index (Phi) is 7.53. The van der Waals surface area contributed by atoms with E-state index in [9.17, 15) is 9.59 Å². The van der Waals surface area contributed by atoms with Crippen molar-refractivity contribution >= 4 is 52.2 Å². The summed E-state index contributed by atoms with van der Waals surface area (Å²) >= 11 is 13.4. The number of benzene rings is 3. The predicted octanol–water partition coefficient (Wildman–Crippen LogP) is 8.30. The van der Waals surface area contributed by atoms with Crippen LogP contribution in [0.4, 0.5) is 4.79 Å². The summed E-state index contributed by atoms with van der Waals surface area (Å²) in [5, 5.41) is 9.39. The van der Waals surface area contributed by atoms with Gasteiger partial charge in [-0.3, -0.25) is 14.5 Å². The van der Waals surface area contributed by atoms with Crippen molar-refractivity contribution in [3.05, 3.63) is 116 Å². The van der Waals surface area contributed by atoms with Crippen molar-refractivity contribution in [3.63, 3.8) is 0 Å². The van der Waals surface area contributed by atoms with E-state index in [0.29, 0.717) is 37.6 Å². The first-order valence-electron chi connectivity index (χ1n) is 11.9. The zero-order chi connectivity index (χ0) is 27.7. The van der Waals surface area contributed by atoms with Gasteiger partial charge in [-0.25, -0.2) is 0 Å². The summed E-state index contributed by atoms with van der Waals surface area (Å²) in [6, 6.07) is 23.7. The Morgan fingerprint density at radius 1 is 0.949 bits per heavy atom. The van der Waals surface area contributed by atoms with Crippen LogP contribution in [0.1, 0.15) is 28.1 Å². The van der Waals surface area contributed by atoms with Gasteiger partial charge in [0.1, 0.15) is 11.5 Å². The summed E-state index contributed by atoms with van der Waals surface area (Å²) in [7, 11) is 0. The number of carbonyl (C=O) groups excluding carboxylic acids is 2. The number of amides is 2. The first-order chi connectivity index (χ1) is 18.7. The fourth-order valence-electron chi connectivity index (χ4n) is 4.35. The standard InChI is InChI=1S/C30H21Cl2N3O3S/c1-18-14-21(15-28-29(36)34(30(37)39-28)17-25-26(31)4-3-5-27(25)32)19(2)35(18)22-8-12-24(13-9-22)38-23-10-6-20(16-33)7-11-23/h3-15H,17H2,1-2H3/b28-15-. The van der Waals surface area contributed by atoms with Crippen molar-refractivity contribution in [1.29, 1.82) is 5.26 Å². The summed E-state index contributed by atoms with van der Waals surface area (Å²) < 4.78 is 7.97. The number of nitrogens with zero attached hydrogens (tertiary/aromatic N) is 3. The van der Waals surface area contributed by atoms with Gasteiger partial charge in [0.15, 0.2) is 0 Å². The fourth-order valence-corrected chi connectivity index (χ4v) is 5.69. The molecule has 0 N–H and O–H groups in total. The molecule has 6 nitrogen and oxygen atoms in total. The van der Waals surface area contributed by atoms with Crippen molar-refractivity contribution in [2.45, 2.75) is 20.4 Å². The van der Waals surface area contributed by atoms with E-state index < -0.39 is 0 Å². The molecule has 5 rings (SSSR count). The molecule has 1 aliphatic heterocycles. The maximum absolute atomic E-state index is 13.1. The fraction of sp³-hybridized carbons (Fsp3) is 0.100. The van der Waals surface area contributed by atoms with Gasteiger partial charge in [-0.05, 0) is 104 Å². The van der Waals surface area contributed by atoms with Crippen molar-refractivity contribution in [3.8, 4) is 23.3 Å². The maximum Gasteiger partial charge on any atom is 0.293 e. The lowest BCUT2D eigenvalue weighted by Crippen LogP contribution is -2.27. The van der Waals surface area contributed by atoms with E-state index in [4.69, 9.17) is 33.2 Å². The summed E-state index contributed by atoms with van der Waals surface area (Å²) in [6.07, 6.45) is 1.75.